The highest BCUT2D eigenvalue weighted by molar-refractivity contribution is 7.99. The zero-order valence-electron chi connectivity index (χ0n) is 10.3. The maximum absolute atomic E-state index is 11.3. The summed E-state index contributed by atoms with van der Waals surface area (Å²) in [6.45, 7) is 1.84. The second-order valence-corrected chi connectivity index (χ2v) is 4.98. The van der Waals surface area contributed by atoms with Gasteiger partial charge in [0.15, 0.2) is 0 Å². The van der Waals surface area contributed by atoms with Crippen LogP contribution in [0.15, 0.2) is 35.5 Å². The second kappa shape index (κ2) is 5.82. The molecule has 1 aromatic carbocycles. The van der Waals surface area contributed by atoms with Gasteiger partial charge in [-0.1, -0.05) is 31.2 Å². The summed E-state index contributed by atoms with van der Waals surface area (Å²) >= 11 is 1.53. The van der Waals surface area contributed by atoms with Gasteiger partial charge in [0.2, 0.25) is 0 Å². The molecule has 1 heterocycles. The van der Waals surface area contributed by atoms with E-state index in [-0.39, 0.29) is 11.9 Å². The van der Waals surface area contributed by atoms with E-state index in [0.29, 0.717) is 5.75 Å². The molecule has 0 aliphatic rings. The molecular weight excluding hydrogens is 248 g/mol. The van der Waals surface area contributed by atoms with E-state index in [9.17, 15) is 4.79 Å². The lowest BCUT2D eigenvalue weighted by molar-refractivity contribution is -0.143. The molecule has 1 atom stereocenters. The molecule has 94 valence electrons. The van der Waals surface area contributed by atoms with E-state index in [1.807, 2.05) is 31.2 Å². The fraction of sp³-hybridized carbons (Fsp3) is 0.308. The molecule has 0 amide bonds. The Hall–Kier alpha value is -1.62. The summed E-state index contributed by atoms with van der Waals surface area (Å²) in [5, 5.41) is 11.1. The van der Waals surface area contributed by atoms with Crippen LogP contribution in [0.4, 0.5) is 0 Å². The number of aromatic nitrogens is 2. The lowest BCUT2D eigenvalue weighted by Crippen LogP contribution is -2.14. The van der Waals surface area contributed by atoms with Crippen molar-refractivity contribution in [3.63, 3.8) is 0 Å². The Balaban J connectivity index is 2.15. The molecular formula is C13H14N2O2S. The van der Waals surface area contributed by atoms with Crippen LogP contribution in [0.5, 0.6) is 0 Å². The van der Waals surface area contributed by atoms with Gasteiger partial charge in [0.1, 0.15) is 5.03 Å². The van der Waals surface area contributed by atoms with Gasteiger partial charge in [-0.3, -0.25) is 4.79 Å². The summed E-state index contributed by atoms with van der Waals surface area (Å²) < 4.78 is 4.70. The van der Waals surface area contributed by atoms with Gasteiger partial charge in [-0.25, -0.2) is 0 Å². The first-order valence-corrected chi connectivity index (χ1v) is 6.62. The van der Waals surface area contributed by atoms with Crippen LogP contribution in [-0.4, -0.2) is 29.0 Å². The van der Waals surface area contributed by atoms with Crippen molar-refractivity contribution in [1.82, 2.24) is 10.2 Å². The highest BCUT2D eigenvalue weighted by Crippen LogP contribution is 2.26. The van der Waals surface area contributed by atoms with E-state index < -0.39 is 0 Å². The quantitative estimate of drug-likeness (QED) is 0.626. The first kappa shape index (κ1) is 12.8. The molecule has 18 heavy (non-hydrogen) atoms. The van der Waals surface area contributed by atoms with Crippen LogP contribution < -0.4 is 0 Å². The molecule has 2 rings (SSSR count). The number of thioether (sulfide) groups is 1. The fourth-order valence-corrected chi connectivity index (χ4v) is 2.57. The molecule has 0 N–H and O–H groups in total. The van der Waals surface area contributed by atoms with E-state index >= 15 is 0 Å². The normalized spacial score (nSPS) is 12.3. The number of carbonyl (C=O) groups excluding carboxylic acids is 1. The molecule has 0 radical (unpaired) electrons. The zero-order chi connectivity index (χ0) is 13.0. The van der Waals surface area contributed by atoms with E-state index in [1.165, 1.54) is 18.9 Å². The number of methoxy groups -OCH3 is 1. The molecule has 1 unspecified atom stereocenters. The summed E-state index contributed by atoms with van der Waals surface area (Å²) in [6.07, 6.45) is 1.74. The lowest BCUT2D eigenvalue weighted by atomic mass is 10.2. The molecule has 5 heteroatoms. The van der Waals surface area contributed by atoms with E-state index in [2.05, 4.69) is 10.2 Å². The smallest absolute Gasteiger partial charge is 0.309 e. The van der Waals surface area contributed by atoms with E-state index in [4.69, 9.17) is 4.74 Å². The number of benzene rings is 1. The predicted molar refractivity (Wildman–Crippen MR) is 71.4 cm³/mol. The topological polar surface area (TPSA) is 52.1 Å². The number of esters is 1. The lowest BCUT2D eigenvalue weighted by Gasteiger charge is -2.08. The monoisotopic (exact) mass is 262 g/mol. The highest BCUT2D eigenvalue weighted by atomic mass is 32.2. The second-order valence-electron chi connectivity index (χ2n) is 3.97. The summed E-state index contributed by atoms with van der Waals surface area (Å²) in [4.78, 5) is 11.3. The maximum Gasteiger partial charge on any atom is 0.309 e. The van der Waals surface area contributed by atoms with Gasteiger partial charge in [0.05, 0.1) is 19.2 Å². The van der Waals surface area contributed by atoms with Crippen LogP contribution in [0.3, 0.4) is 0 Å². The molecule has 0 aliphatic carbocycles. The molecule has 0 saturated heterocycles. The van der Waals surface area contributed by atoms with E-state index in [0.717, 1.165) is 15.8 Å². The minimum absolute atomic E-state index is 0.152. The number of hydrogen-bond acceptors (Lipinski definition) is 5. The van der Waals surface area contributed by atoms with Gasteiger partial charge in [-0.05, 0) is 0 Å². The Morgan fingerprint density at radius 1 is 1.44 bits per heavy atom. The van der Waals surface area contributed by atoms with Crippen LogP contribution in [0.25, 0.3) is 10.8 Å². The third-order valence-corrected chi connectivity index (χ3v) is 3.85. The largest absolute Gasteiger partial charge is 0.469 e. The first-order valence-electron chi connectivity index (χ1n) is 5.63. The van der Waals surface area contributed by atoms with Gasteiger partial charge >= 0.3 is 5.97 Å². The number of ether oxygens (including phenoxy) is 1. The van der Waals surface area contributed by atoms with Crippen molar-refractivity contribution in [3.05, 3.63) is 30.5 Å². The summed E-state index contributed by atoms with van der Waals surface area (Å²) in [7, 11) is 1.40. The van der Waals surface area contributed by atoms with E-state index in [1.54, 1.807) is 6.20 Å². The molecule has 0 bridgehead atoms. The third-order valence-electron chi connectivity index (χ3n) is 2.61. The van der Waals surface area contributed by atoms with Crippen molar-refractivity contribution in [2.75, 3.05) is 12.9 Å². The van der Waals surface area contributed by atoms with Gasteiger partial charge < -0.3 is 4.74 Å². The van der Waals surface area contributed by atoms with Gasteiger partial charge in [-0.2, -0.15) is 5.10 Å². The molecule has 2 aromatic rings. The third kappa shape index (κ3) is 2.79. The van der Waals surface area contributed by atoms with Crippen molar-refractivity contribution < 1.29 is 9.53 Å². The fourth-order valence-electron chi connectivity index (χ4n) is 1.58. The van der Waals surface area contributed by atoms with Crippen molar-refractivity contribution >= 4 is 28.5 Å². The van der Waals surface area contributed by atoms with Crippen molar-refractivity contribution in [3.8, 4) is 0 Å². The maximum atomic E-state index is 11.3. The van der Waals surface area contributed by atoms with Crippen LogP contribution in [0, 0.1) is 5.92 Å². The van der Waals surface area contributed by atoms with Gasteiger partial charge in [-0.15, -0.1) is 16.9 Å². The van der Waals surface area contributed by atoms with Crippen molar-refractivity contribution in [2.24, 2.45) is 5.92 Å². The van der Waals surface area contributed by atoms with Gasteiger partial charge in [0.25, 0.3) is 0 Å². The molecule has 4 nitrogen and oxygen atoms in total. The Morgan fingerprint density at radius 3 is 3.00 bits per heavy atom. The highest BCUT2D eigenvalue weighted by Gasteiger charge is 2.14. The summed E-state index contributed by atoms with van der Waals surface area (Å²) in [5.74, 6) is 0.284. The Morgan fingerprint density at radius 2 is 2.22 bits per heavy atom. The number of hydrogen-bond donors (Lipinski definition) is 0. The number of rotatable bonds is 4. The number of carbonyl (C=O) groups is 1. The molecule has 0 aliphatic heterocycles. The van der Waals surface area contributed by atoms with Gasteiger partial charge in [0, 0.05) is 16.5 Å². The summed E-state index contributed by atoms with van der Waals surface area (Å²) in [6, 6.07) is 7.94. The number of nitrogens with zero attached hydrogens (tertiary/aromatic N) is 2. The minimum Gasteiger partial charge on any atom is -0.469 e. The van der Waals surface area contributed by atoms with Crippen molar-refractivity contribution in [2.45, 2.75) is 11.9 Å². The molecule has 0 saturated carbocycles. The van der Waals surface area contributed by atoms with Crippen LogP contribution in [0.1, 0.15) is 6.92 Å². The van der Waals surface area contributed by atoms with Crippen LogP contribution in [-0.2, 0) is 9.53 Å². The van der Waals surface area contributed by atoms with Crippen LogP contribution >= 0.6 is 11.8 Å². The summed E-state index contributed by atoms with van der Waals surface area (Å²) in [5.41, 5.74) is 0. The average molecular weight is 262 g/mol. The Kier molecular flexibility index (Phi) is 4.15. The SMILES string of the molecule is COC(=O)C(C)CSc1nncc2ccccc12. The standard InChI is InChI=1S/C13H14N2O2S/c1-9(13(16)17-2)8-18-12-11-6-4-3-5-10(11)7-14-15-12/h3-7,9H,8H2,1-2H3. The Bertz CT molecular complexity index is 554. The van der Waals surface area contributed by atoms with Crippen LogP contribution in [0.2, 0.25) is 0 Å². The Labute approximate surface area is 110 Å². The zero-order valence-corrected chi connectivity index (χ0v) is 11.1. The minimum atomic E-state index is -0.198. The average Bonchev–Trinajstić information content (AvgIpc) is 2.43. The first-order chi connectivity index (χ1) is 8.72. The molecule has 0 fully saturated rings. The number of fused-ring (bicyclic) bond motifs is 1. The molecule has 1 aromatic heterocycles. The predicted octanol–water partition coefficient (Wildman–Crippen LogP) is 2.53. The van der Waals surface area contributed by atoms with Crippen molar-refractivity contribution in [1.29, 1.82) is 0 Å². The molecule has 0 spiro atoms.